The molecule has 0 aromatic carbocycles. The van der Waals surface area contributed by atoms with Crippen molar-refractivity contribution < 1.29 is 4.79 Å². The number of aromatic nitrogens is 3. The summed E-state index contributed by atoms with van der Waals surface area (Å²) in [6.45, 7) is 3.50. The van der Waals surface area contributed by atoms with Gasteiger partial charge in [0.1, 0.15) is 4.88 Å². The van der Waals surface area contributed by atoms with Crippen molar-refractivity contribution in [2.24, 2.45) is 0 Å². The van der Waals surface area contributed by atoms with E-state index in [-0.39, 0.29) is 5.91 Å². The van der Waals surface area contributed by atoms with Crippen LogP contribution in [0.25, 0.3) is 10.8 Å². The number of carbonyl (C=O) groups excluding carboxylic acids is 1. The van der Waals surface area contributed by atoms with Gasteiger partial charge in [0.15, 0.2) is 10.8 Å². The second-order valence-corrected chi connectivity index (χ2v) is 6.63. The van der Waals surface area contributed by atoms with Crippen LogP contribution in [0.5, 0.6) is 0 Å². The molecule has 0 spiro atoms. The maximum Gasteiger partial charge on any atom is 0.265 e. The number of thioether (sulfide) groups is 1. The number of nitrogens with zero attached hydrogens (tertiary/aromatic N) is 4. The lowest BCUT2D eigenvalue weighted by Crippen LogP contribution is -2.37. The van der Waals surface area contributed by atoms with Gasteiger partial charge in [0.25, 0.3) is 5.91 Å². The predicted octanol–water partition coefficient (Wildman–Crippen LogP) is 2.10. The Balaban J connectivity index is 1.87. The topological polar surface area (TPSA) is 59.0 Å². The summed E-state index contributed by atoms with van der Waals surface area (Å²) >= 11 is 3.27. The summed E-state index contributed by atoms with van der Waals surface area (Å²) in [4.78, 5) is 27.9. The molecule has 2 aromatic rings. The quantitative estimate of drug-likeness (QED) is 0.850. The molecular weight excluding hydrogens is 292 g/mol. The average Bonchev–Trinajstić information content (AvgIpc) is 2.90. The van der Waals surface area contributed by atoms with Crippen LogP contribution in [0.15, 0.2) is 18.5 Å². The molecule has 0 atom stereocenters. The molecular formula is C13H14N4OS2. The lowest BCUT2D eigenvalue weighted by molar-refractivity contribution is 0.0776. The zero-order valence-corrected chi connectivity index (χ0v) is 12.7. The fourth-order valence-corrected chi connectivity index (χ4v) is 3.90. The fourth-order valence-electron chi connectivity index (χ4n) is 2.01. The second-order valence-electron chi connectivity index (χ2n) is 4.41. The Labute approximate surface area is 125 Å². The molecule has 0 radical (unpaired) electrons. The van der Waals surface area contributed by atoms with Gasteiger partial charge in [-0.2, -0.15) is 11.8 Å². The van der Waals surface area contributed by atoms with Crippen molar-refractivity contribution in [3.63, 3.8) is 0 Å². The van der Waals surface area contributed by atoms with Crippen LogP contribution in [0.1, 0.15) is 15.4 Å². The number of thiazole rings is 1. The minimum atomic E-state index is 0.0856. The number of hydrogen-bond donors (Lipinski definition) is 0. The molecule has 0 saturated carbocycles. The highest BCUT2D eigenvalue weighted by atomic mass is 32.2. The van der Waals surface area contributed by atoms with E-state index in [0.717, 1.165) is 30.3 Å². The molecule has 1 amide bonds. The van der Waals surface area contributed by atoms with Crippen molar-refractivity contribution in [3.05, 3.63) is 29.0 Å². The van der Waals surface area contributed by atoms with Crippen molar-refractivity contribution in [1.29, 1.82) is 0 Å². The van der Waals surface area contributed by atoms with Crippen LogP contribution in [-0.4, -0.2) is 50.4 Å². The highest BCUT2D eigenvalue weighted by molar-refractivity contribution is 7.99. The molecule has 20 heavy (non-hydrogen) atoms. The van der Waals surface area contributed by atoms with E-state index in [1.165, 1.54) is 11.3 Å². The van der Waals surface area contributed by atoms with Crippen LogP contribution < -0.4 is 0 Å². The van der Waals surface area contributed by atoms with E-state index in [9.17, 15) is 4.79 Å². The summed E-state index contributed by atoms with van der Waals surface area (Å²) in [5.74, 6) is 2.69. The molecule has 1 saturated heterocycles. The largest absolute Gasteiger partial charge is 0.336 e. The molecule has 0 aliphatic carbocycles. The lowest BCUT2D eigenvalue weighted by Gasteiger charge is -2.25. The van der Waals surface area contributed by atoms with Crippen LogP contribution in [-0.2, 0) is 0 Å². The molecule has 104 valence electrons. The summed E-state index contributed by atoms with van der Waals surface area (Å²) in [6.07, 6.45) is 3.37. The van der Waals surface area contributed by atoms with Crippen molar-refractivity contribution in [1.82, 2.24) is 19.9 Å². The van der Waals surface area contributed by atoms with E-state index in [2.05, 4.69) is 15.0 Å². The van der Waals surface area contributed by atoms with E-state index in [1.807, 2.05) is 23.6 Å². The Kier molecular flexibility index (Phi) is 3.98. The van der Waals surface area contributed by atoms with Gasteiger partial charge in [-0.3, -0.25) is 4.79 Å². The highest BCUT2D eigenvalue weighted by Crippen LogP contribution is 2.27. The van der Waals surface area contributed by atoms with Gasteiger partial charge < -0.3 is 4.90 Å². The molecule has 3 heterocycles. The van der Waals surface area contributed by atoms with Crippen molar-refractivity contribution >= 4 is 29.0 Å². The maximum absolute atomic E-state index is 12.5. The number of carbonyl (C=O) groups is 1. The van der Waals surface area contributed by atoms with E-state index < -0.39 is 0 Å². The molecule has 0 bridgehead atoms. The summed E-state index contributed by atoms with van der Waals surface area (Å²) < 4.78 is 0. The number of amides is 1. The first-order chi connectivity index (χ1) is 9.75. The maximum atomic E-state index is 12.5. The lowest BCUT2D eigenvalue weighted by atomic mass is 10.3. The predicted molar refractivity (Wildman–Crippen MR) is 81.1 cm³/mol. The molecule has 1 aliphatic rings. The smallest absolute Gasteiger partial charge is 0.265 e. The van der Waals surface area contributed by atoms with Crippen LogP contribution in [0.2, 0.25) is 0 Å². The minimum Gasteiger partial charge on any atom is -0.336 e. The third kappa shape index (κ3) is 2.69. The molecule has 0 N–H and O–H groups in total. The number of hydrogen-bond acceptors (Lipinski definition) is 6. The molecule has 1 fully saturated rings. The van der Waals surface area contributed by atoms with E-state index in [1.54, 1.807) is 18.5 Å². The van der Waals surface area contributed by atoms with Crippen LogP contribution in [0, 0.1) is 6.92 Å². The third-order valence-electron chi connectivity index (χ3n) is 3.05. The monoisotopic (exact) mass is 306 g/mol. The van der Waals surface area contributed by atoms with Crippen molar-refractivity contribution in [3.8, 4) is 10.8 Å². The first-order valence-corrected chi connectivity index (χ1v) is 8.34. The van der Waals surface area contributed by atoms with Crippen LogP contribution >= 0.6 is 23.1 Å². The third-order valence-corrected chi connectivity index (χ3v) is 5.13. The summed E-state index contributed by atoms with van der Waals surface area (Å²) in [5.41, 5.74) is 0.765. The van der Waals surface area contributed by atoms with E-state index in [0.29, 0.717) is 15.7 Å². The van der Waals surface area contributed by atoms with Crippen molar-refractivity contribution in [2.75, 3.05) is 24.6 Å². The molecule has 0 unspecified atom stereocenters. The Morgan fingerprint density at radius 3 is 2.65 bits per heavy atom. The van der Waals surface area contributed by atoms with Crippen LogP contribution in [0.4, 0.5) is 0 Å². The minimum absolute atomic E-state index is 0.0856. The number of rotatable bonds is 2. The van der Waals surface area contributed by atoms with Gasteiger partial charge in [0, 0.05) is 37.0 Å². The van der Waals surface area contributed by atoms with Gasteiger partial charge >= 0.3 is 0 Å². The Morgan fingerprint density at radius 2 is 1.95 bits per heavy atom. The summed E-state index contributed by atoms with van der Waals surface area (Å²) in [5, 5.41) is 0.706. The second kappa shape index (κ2) is 5.88. The summed E-state index contributed by atoms with van der Waals surface area (Å²) in [6, 6.07) is 1.77. The fraction of sp³-hybridized carbons (Fsp3) is 0.385. The average molecular weight is 306 g/mol. The molecule has 3 rings (SSSR count). The highest BCUT2D eigenvalue weighted by Gasteiger charge is 2.23. The van der Waals surface area contributed by atoms with E-state index in [4.69, 9.17) is 0 Å². The van der Waals surface area contributed by atoms with Gasteiger partial charge in [0.05, 0.1) is 5.69 Å². The Bertz CT molecular complexity index is 608. The Morgan fingerprint density at radius 1 is 1.25 bits per heavy atom. The zero-order chi connectivity index (χ0) is 13.9. The molecule has 5 nitrogen and oxygen atoms in total. The van der Waals surface area contributed by atoms with Gasteiger partial charge in [-0.25, -0.2) is 15.0 Å². The number of aryl methyl sites for hydroxylation is 1. The SMILES string of the molecule is Cc1nc(-c2ncccn2)sc1C(=O)N1CCSCC1. The molecule has 7 heteroatoms. The Hall–Kier alpha value is -1.47. The molecule has 2 aromatic heterocycles. The van der Waals surface area contributed by atoms with E-state index >= 15 is 0 Å². The van der Waals surface area contributed by atoms with Crippen LogP contribution in [0.3, 0.4) is 0 Å². The first kappa shape index (κ1) is 13.5. The van der Waals surface area contributed by atoms with Gasteiger partial charge in [-0.05, 0) is 13.0 Å². The zero-order valence-electron chi connectivity index (χ0n) is 11.1. The van der Waals surface area contributed by atoms with Crippen molar-refractivity contribution in [2.45, 2.75) is 6.92 Å². The standard InChI is InChI=1S/C13H14N4OS2/c1-9-10(13(18)17-5-7-19-8-6-17)20-12(16-9)11-14-3-2-4-15-11/h2-4H,5-8H2,1H3. The van der Waals surface area contributed by atoms with Gasteiger partial charge in [0.2, 0.25) is 0 Å². The van der Waals surface area contributed by atoms with Gasteiger partial charge in [-0.15, -0.1) is 11.3 Å². The first-order valence-electron chi connectivity index (χ1n) is 6.37. The molecule has 1 aliphatic heterocycles. The normalized spacial score (nSPS) is 15.3. The summed E-state index contributed by atoms with van der Waals surface area (Å²) in [7, 11) is 0. The van der Waals surface area contributed by atoms with Gasteiger partial charge in [-0.1, -0.05) is 0 Å².